The van der Waals surface area contributed by atoms with E-state index in [1.54, 1.807) is 17.0 Å². The number of rotatable bonds is 3. The number of carbonyl (C=O) groups excluding carboxylic acids is 2. The molecule has 0 N–H and O–H groups in total. The van der Waals surface area contributed by atoms with E-state index < -0.39 is 11.4 Å². The average molecular weight is 444 g/mol. The summed E-state index contributed by atoms with van der Waals surface area (Å²) >= 11 is 0. The standard InChI is InChI=1S/C26H24N2O5/c1-3-27-19-9-5-4-8-18(19)26(25(27)31)21-22(29)17-13-15(2)10-11-20(17)33-23(21)24(30)28(26)14-16-7-6-12-32-16/h4-5,8-11,13,16H,3,6-7,12,14H2,1-2H3/t16-,26+/m0/s1. The number of nitrogens with zero attached hydrogens (tertiary/aromatic N) is 2. The summed E-state index contributed by atoms with van der Waals surface area (Å²) in [5, 5.41) is 0.375. The monoisotopic (exact) mass is 444 g/mol. The van der Waals surface area contributed by atoms with E-state index in [1.807, 2.05) is 44.2 Å². The number of likely N-dealkylation sites (N-methyl/N-ethyl adjacent to an activating group) is 1. The Labute approximate surface area is 190 Å². The average Bonchev–Trinajstić information content (AvgIpc) is 3.48. The lowest BCUT2D eigenvalue weighted by Crippen LogP contribution is -2.55. The highest BCUT2D eigenvalue weighted by atomic mass is 16.5. The molecule has 168 valence electrons. The van der Waals surface area contributed by atoms with Gasteiger partial charge < -0.3 is 19.0 Å². The summed E-state index contributed by atoms with van der Waals surface area (Å²) in [6, 6.07) is 12.7. The third-order valence-corrected chi connectivity index (χ3v) is 7.12. The smallest absolute Gasteiger partial charge is 0.291 e. The molecular formula is C26H24N2O5. The molecule has 1 saturated heterocycles. The molecule has 6 rings (SSSR count). The molecule has 1 fully saturated rings. The summed E-state index contributed by atoms with van der Waals surface area (Å²) < 4.78 is 11.9. The van der Waals surface area contributed by atoms with E-state index in [2.05, 4.69) is 0 Å². The molecule has 7 heteroatoms. The molecule has 2 amide bonds. The number of anilines is 1. The zero-order valence-corrected chi connectivity index (χ0v) is 18.6. The van der Waals surface area contributed by atoms with Crippen LogP contribution in [-0.4, -0.2) is 42.5 Å². The lowest BCUT2D eigenvalue weighted by Gasteiger charge is -2.35. The first kappa shape index (κ1) is 20.2. The van der Waals surface area contributed by atoms with Crippen molar-refractivity contribution in [1.82, 2.24) is 4.90 Å². The van der Waals surface area contributed by atoms with E-state index in [9.17, 15) is 14.4 Å². The van der Waals surface area contributed by atoms with Gasteiger partial charge in [0, 0.05) is 25.3 Å². The maximum atomic E-state index is 14.2. The van der Waals surface area contributed by atoms with Gasteiger partial charge in [0.05, 0.1) is 22.7 Å². The van der Waals surface area contributed by atoms with Gasteiger partial charge in [-0.15, -0.1) is 0 Å². The fraction of sp³-hybridized carbons (Fsp3) is 0.346. The van der Waals surface area contributed by atoms with Gasteiger partial charge in [-0.05, 0) is 44.9 Å². The Hall–Kier alpha value is -3.45. The van der Waals surface area contributed by atoms with Crippen LogP contribution < -0.4 is 10.3 Å². The van der Waals surface area contributed by atoms with Gasteiger partial charge in [0.2, 0.25) is 5.76 Å². The minimum Gasteiger partial charge on any atom is -0.450 e. The van der Waals surface area contributed by atoms with E-state index in [-0.39, 0.29) is 35.3 Å². The molecule has 33 heavy (non-hydrogen) atoms. The molecule has 3 aromatic rings. The third kappa shape index (κ3) is 2.51. The Kier molecular flexibility index (Phi) is 4.29. The Morgan fingerprint density at radius 1 is 1.12 bits per heavy atom. The van der Waals surface area contributed by atoms with Crippen LogP contribution in [0.3, 0.4) is 0 Å². The number of para-hydroxylation sites is 1. The zero-order valence-electron chi connectivity index (χ0n) is 18.6. The molecule has 4 heterocycles. The predicted octanol–water partition coefficient (Wildman–Crippen LogP) is 3.35. The largest absolute Gasteiger partial charge is 0.450 e. The first-order valence-electron chi connectivity index (χ1n) is 11.4. The van der Waals surface area contributed by atoms with Crippen LogP contribution in [0.15, 0.2) is 51.7 Å². The van der Waals surface area contributed by atoms with Crippen molar-refractivity contribution >= 4 is 28.5 Å². The van der Waals surface area contributed by atoms with Crippen molar-refractivity contribution < 1.29 is 18.7 Å². The highest BCUT2D eigenvalue weighted by Gasteiger charge is 2.65. The van der Waals surface area contributed by atoms with E-state index in [1.165, 1.54) is 4.90 Å². The second-order valence-corrected chi connectivity index (χ2v) is 8.96. The molecule has 1 aromatic heterocycles. The van der Waals surface area contributed by atoms with Gasteiger partial charge in [0.15, 0.2) is 11.0 Å². The summed E-state index contributed by atoms with van der Waals surface area (Å²) in [5.74, 6) is -0.785. The molecule has 7 nitrogen and oxygen atoms in total. The van der Waals surface area contributed by atoms with Crippen molar-refractivity contribution in [2.75, 3.05) is 24.6 Å². The molecule has 2 aromatic carbocycles. The second kappa shape index (κ2) is 7.02. The van der Waals surface area contributed by atoms with E-state index >= 15 is 0 Å². The number of hydrogen-bond acceptors (Lipinski definition) is 5. The van der Waals surface area contributed by atoms with Crippen molar-refractivity contribution in [3.8, 4) is 0 Å². The Morgan fingerprint density at radius 2 is 1.94 bits per heavy atom. The fourth-order valence-electron chi connectivity index (χ4n) is 5.66. The number of aryl methyl sites for hydroxylation is 1. The Bertz CT molecular complexity index is 1390. The molecule has 2 atom stereocenters. The lowest BCUT2D eigenvalue weighted by molar-refractivity contribution is -0.126. The molecule has 0 bridgehead atoms. The van der Waals surface area contributed by atoms with Crippen LogP contribution in [0, 0.1) is 6.92 Å². The van der Waals surface area contributed by atoms with E-state index in [4.69, 9.17) is 9.15 Å². The highest BCUT2D eigenvalue weighted by molar-refractivity contribution is 6.17. The van der Waals surface area contributed by atoms with E-state index in [0.29, 0.717) is 35.4 Å². The van der Waals surface area contributed by atoms with Gasteiger partial charge in [-0.3, -0.25) is 14.4 Å². The van der Waals surface area contributed by atoms with Gasteiger partial charge >= 0.3 is 0 Å². The molecule has 1 spiro atoms. The molecule has 0 saturated carbocycles. The minimum absolute atomic E-state index is 0.0459. The second-order valence-electron chi connectivity index (χ2n) is 8.96. The molecule has 3 aliphatic heterocycles. The van der Waals surface area contributed by atoms with Gasteiger partial charge in [-0.2, -0.15) is 0 Å². The molecule has 3 aliphatic rings. The molecule has 0 aliphatic carbocycles. The van der Waals surface area contributed by atoms with Crippen molar-refractivity contribution in [2.24, 2.45) is 0 Å². The van der Waals surface area contributed by atoms with Crippen LogP contribution in [0.25, 0.3) is 11.0 Å². The third-order valence-electron chi connectivity index (χ3n) is 7.12. The van der Waals surface area contributed by atoms with Crippen molar-refractivity contribution in [3.05, 3.63) is 75.1 Å². The van der Waals surface area contributed by atoms with Crippen LogP contribution >= 0.6 is 0 Å². The SMILES string of the molecule is CCN1C(=O)[C@@]2(c3ccccc31)c1c(oc3ccc(C)cc3c1=O)C(=O)N2C[C@@H]1CCCO1. The number of fused-ring (bicyclic) bond motifs is 5. The number of ether oxygens (including phenoxy) is 1. The normalized spacial score (nSPS) is 23.8. The first-order valence-corrected chi connectivity index (χ1v) is 11.4. The summed E-state index contributed by atoms with van der Waals surface area (Å²) in [5.41, 5.74) is 0.837. The number of hydrogen-bond donors (Lipinski definition) is 0. The predicted molar refractivity (Wildman–Crippen MR) is 122 cm³/mol. The molecule has 0 radical (unpaired) electrons. The van der Waals surface area contributed by atoms with Crippen LogP contribution in [0.1, 0.15) is 47.0 Å². The maximum absolute atomic E-state index is 14.2. The van der Waals surface area contributed by atoms with Crippen molar-refractivity contribution in [1.29, 1.82) is 0 Å². The fourth-order valence-corrected chi connectivity index (χ4v) is 5.66. The number of carbonyl (C=O) groups is 2. The number of amides is 2. The van der Waals surface area contributed by atoms with Crippen LogP contribution in [0.2, 0.25) is 0 Å². The van der Waals surface area contributed by atoms with Crippen LogP contribution in [-0.2, 0) is 15.1 Å². The maximum Gasteiger partial charge on any atom is 0.291 e. The quantitative estimate of drug-likeness (QED) is 0.619. The minimum atomic E-state index is -1.55. The summed E-state index contributed by atoms with van der Waals surface area (Å²) in [7, 11) is 0. The number of benzene rings is 2. The topological polar surface area (TPSA) is 80.1 Å². The highest BCUT2D eigenvalue weighted by Crippen LogP contribution is 2.52. The molecular weight excluding hydrogens is 420 g/mol. The van der Waals surface area contributed by atoms with Crippen molar-refractivity contribution in [2.45, 2.75) is 38.3 Å². The zero-order chi connectivity index (χ0) is 22.9. The van der Waals surface area contributed by atoms with Gasteiger partial charge in [0.25, 0.3) is 11.8 Å². The summed E-state index contributed by atoms with van der Waals surface area (Å²) in [6.45, 7) is 5.05. The lowest BCUT2D eigenvalue weighted by atomic mass is 9.83. The van der Waals surface area contributed by atoms with Crippen LogP contribution in [0.4, 0.5) is 5.69 Å². The Balaban J connectivity index is 1.70. The summed E-state index contributed by atoms with van der Waals surface area (Å²) in [4.78, 5) is 45.2. The van der Waals surface area contributed by atoms with Gasteiger partial charge in [-0.1, -0.05) is 29.8 Å². The van der Waals surface area contributed by atoms with Gasteiger partial charge in [0.1, 0.15) is 5.58 Å². The first-order chi connectivity index (χ1) is 16.0. The summed E-state index contributed by atoms with van der Waals surface area (Å²) in [6.07, 6.45) is 1.51. The Morgan fingerprint density at radius 3 is 2.70 bits per heavy atom. The van der Waals surface area contributed by atoms with Gasteiger partial charge in [-0.25, -0.2) is 0 Å². The van der Waals surface area contributed by atoms with Crippen molar-refractivity contribution in [3.63, 3.8) is 0 Å². The molecule has 0 unspecified atom stereocenters. The van der Waals surface area contributed by atoms with Crippen LogP contribution in [0.5, 0.6) is 0 Å². The van der Waals surface area contributed by atoms with E-state index in [0.717, 1.165) is 18.4 Å².